The van der Waals surface area contributed by atoms with Crippen molar-refractivity contribution in [2.24, 2.45) is 0 Å². The predicted molar refractivity (Wildman–Crippen MR) is 74.2 cm³/mol. The molecule has 0 aromatic heterocycles. The van der Waals surface area contributed by atoms with Crippen molar-refractivity contribution in [3.8, 4) is 5.75 Å². The van der Waals surface area contributed by atoms with E-state index in [0.717, 1.165) is 6.07 Å². The lowest BCUT2D eigenvalue weighted by Gasteiger charge is -2.36. The van der Waals surface area contributed by atoms with Crippen LogP contribution in [-0.2, 0) is 19.3 Å². The van der Waals surface area contributed by atoms with Gasteiger partial charge in [0.15, 0.2) is 0 Å². The molecule has 0 saturated carbocycles. The van der Waals surface area contributed by atoms with Crippen molar-refractivity contribution in [3.63, 3.8) is 0 Å². The molecule has 2 rings (SSSR count). The molecule has 1 aromatic rings. The van der Waals surface area contributed by atoms with E-state index >= 15 is 0 Å². The zero-order chi connectivity index (χ0) is 17.6. The van der Waals surface area contributed by atoms with Gasteiger partial charge in [-0.25, -0.2) is 8.42 Å². The van der Waals surface area contributed by atoms with Gasteiger partial charge in [0.25, 0.3) is 9.05 Å². The Bertz CT molecular complexity index is 763. The number of fused-ring (bicyclic) bond motifs is 1. The monoisotopic (exact) mass is 341 g/mol. The van der Waals surface area contributed by atoms with E-state index in [-0.39, 0.29) is 29.4 Å². The highest BCUT2D eigenvalue weighted by Gasteiger charge is 2.40. The van der Waals surface area contributed by atoms with Crippen molar-refractivity contribution in [1.29, 1.82) is 0 Å². The Morgan fingerprint density at radius 1 is 1.60 bits per heavy atom. The van der Waals surface area contributed by atoms with Crippen LogP contribution < -0.4 is 4.74 Å². The Morgan fingerprint density at radius 2 is 2.30 bits per heavy atom. The number of hydrogen-bond acceptors (Lipinski definition) is 4. The van der Waals surface area contributed by atoms with Gasteiger partial charge in [-0.1, -0.05) is 18.5 Å². The molecule has 20 heavy (non-hydrogen) atoms. The van der Waals surface area contributed by atoms with E-state index in [1.165, 1.54) is 6.07 Å². The van der Waals surface area contributed by atoms with Gasteiger partial charge in [-0.3, -0.25) is 4.79 Å². The van der Waals surface area contributed by atoms with Gasteiger partial charge in [-0.2, -0.15) is 0 Å². The summed E-state index contributed by atoms with van der Waals surface area (Å²) in [5.41, 5.74) is -2.02. The van der Waals surface area contributed by atoms with Gasteiger partial charge in [-0.15, -0.1) is 0 Å². The third kappa shape index (κ3) is 2.73. The van der Waals surface area contributed by atoms with E-state index in [1.807, 2.05) is 0 Å². The first kappa shape index (κ1) is 11.7. The molecular formula is C12H12Cl2O5S. The number of rotatable bonds is 3. The normalized spacial score (nSPS) is 24.8. The van der Waals surface area contributed by atoms with E-state index in [2.05, 4.69) is 0 Å². The SMILES string of the molecule is [2H]C([2H])([2H])C1(CC(=O)O)CCOc2c(S(=O)(=O)Cl)ccc(Cl)c21. The van der Waals surface area contributed by atoms with Crippen molar-refractivity contribution < 1.29 is 27.2 Å². The standard InChI is InChI=1S/C12H12Cl2O5S/c1-12(6-9(15)16)4-5-19-11-8(20(14,17)18)3-2-7(13)10(11)12/h2-3H,4-6H2,1H3,(H,15,16)/i1D3. The number of ether oxygens (including phenoxy) is 1. The van der Waals surface area contributed by atoms with Crippen molar-refractivity contribution in [1.82, 2.24) is 0 Å². The molecule has 1 atom stereocenters. The summed E-state index contributed by atoms with van der Waals surface area (Å²) in [6, 6.07) is 2.27. The maximum atomic E-state index is 11.7. The van der Waals surface area contributed by atoms with Crippen molar-refractivity contribution in [2.45, 2.75) is 30.0 Å². The number of carbonyl (C=O) groups is 1. The van der Waals surface area contributed by atoms with Gasteiger partial charge in [-0.05, 0) is 18.6 Å². The Balaban J connectivity index is 2.87. The van der Waals surface area contributed by atoms with Crippen LogP contribution >= 0.6 is 22.3 Å². The van der Waals surface area contributed by atoms with Gasteiger partial charge in [0.1, 0.15) is 10.6 Å². The number of aliphatic carboxylic acids is 1. The first-order chi connectivity index (χ1) is 10.4. The van der Waals surface area contributed by atoms with Crippen LogP contribution in [0.15, 0.2) is 17.0 Å². The first-order valence-corrected chi connectivity index (χ1v) is 8.21. The molecular weight excluding hydrogens is 327 g/mol. The second-order valence-corrected chi connectivity index (χ2v) is 7.38. The molecule has 1 heterocycles. The third-order valence-corrected chi connectivity index (χ3v) is 4.70. The fourth-order valence-electron chi connectivity index (χ4n) is 2.21. The Morgan fingerprint density at radius 3 is 2.85 bits per heavy atom. The molecule has 0 spiro atoms. The van der Waals surface area contributed by atoms with Gasteiger partial charge >= 0.3 is 5.97 Å². The summed E-state index contributed by atoms with van der Waals surface area (Å²) < 4.78 is 52.1. The lowest BCUT2D eigenvalue weighted by Crippen LogP contribution is -2.33. The zero-order valence-electron chi connectivity index (χ0n) is 13.0. The predicted octanol–water partition coefficient (Wildman–Crippen LogP) is 2.78. The van der Waals surface area contributed by atoms with Gasteiger partial charge in [0.05, 0.1) is 13.0 Å². The Hall–Kier alpha value is -0.980. The summed E-state index contributed by atoms with van der Waals surface area (Å²) in [6.45, 7) is -2.90. The summed E-state index contributed by atoms with van der Waals surface area (Å²) in [7, 11) is 1.13. The van der Waals surface area contributed by atoms with Crippen LogP contribution in [0.1, 0.15) is 29.4 Å². The maximum Gasteiger partial charge on any atom is 0.304 e. The van der Waals surface area contributed by atoms with Gasteiger partial charge in [0.2, 0.25) is 0 Å². The number of hydrogen-bond donors (Lipinski definition) is 1. The molecule has 0 bridgehead atoms. The van der Waals surface area contributed by atoms with Crippen LogP contribution in [0.2, 0.25) is 5.02 Å². The molecule has 0 fully saturated rings. The van der Waals surface area contributed by atoms with E-state index in [1.54, 1.807) is 0 Å². The molecule has 8 heteroatoms. The molecule has 1 aliphatic heterocycles. The molecule has 110 valence electrons. The Kier molecular flexibility index (Phi) is 2.97. The fraction of sp³-hybridized carbons (Fsp3) is 0.417. The molecule has 5 nitrogen and oxygen atoms in total. The summed E-state index contributed by atoms with van der Waals surface area (Å²) in [5.74, 6) is -1.64. The van der Waals surface area contributed by atoms with Crippen LogP contribution in [0.5, 0.6) is 5.75 Å². The highest BCUT2D eigenvalue weighted by Crippen LogP contribution is 2.48. The molecule has 0 aliphatic carbocycles. The summed E-state index contributed by atoms with van der Waals surface area (Å²) in [5, 5.41) is 9.08. The fourth-order valence-corrected chi connectivity index (χ4v) is 3.52. The second-order valence-electron chi connectivity index (χ2n) is 4.44. The minimum atomic E-state index is -4.23. The van der Waals surface area contributed by atoms with E-state index in [9.17, 15) is 13.2 Å². The summed E-state index contributed by atoms with van der Waals surface area (Å²) in [4.78, 5) is 10.8. The average Bonchev–Trinajstić information content (AvgIpc) is 2.35. The van der Waals surface area contributed by atoms with Crippen molar-refractivity contribution >= 4 is 37.3 Å². The number of benzene rings is 1. The first-order valence-electron chi connectivity index (χ1n) is 7.02. The summed E-state index contributed by atoms with van der Waals surface area (Å²) >= 11 is 6.08. The molecule has 0 amide bonds. The number of halogens is 2. The highest BCUT2D eigenvalue weighted by molar-refractivity contribution is 8.13. The topological polar surface area (TPSA) is 80.7 Å². The van der Waals surface area contributed by atoms with E-state index in [0.29, 0.717) is 0 Å². The average molecular weight is 342 g/mol. The van der Waals surface area contributed by atoms with Crippen molar-refractivity contribution in [3.05, 3.63) is 22.7 Å². The van der Waals surface area contributed by atoms with Crippen LogP contribution in [0.4, 0.5) is 0 Å². The zero-order valence-corrected chi connectivity index (χ0v) is 12.3. The van der Waals surface area contributed by atoms with Gasteiger partial charge < -0.3 is 9.84 Å². The Labute approximate surface area is 130 Å². The minimum absolute atomic E-state index is 0.0823. The second kappa shape index (κ2) is 5.09. The van der Waals surface area contributed by atoms with Crippen LogP contribution in [-0.4, -0.2) is 26.1 Å². The smallest absolute Gasteiger partial charge is 0.304 e. The lowest BCUT2D eigenvalue weighted by molar-refractivity contribution is -0.138. The molecule has 1 aliphatic rings. The molecule has 1 aromatic carbocycles. The molecule has 1 unspecified atom stereocenters. The minimum Gasteiger partial charge on any atom is -0.492 e. The lowest BCUT2D eigenvalue weighted by atomic mass is 9.75. The van der Waals surface area contributed by atoms with Gasteiger partial charge in [0, 0.05) is 30.8 Å². The third-order valence-electron chi connectivity index (χ3n) is 3.04. The maximum absolute atomic E-state index is 11.7. The summed E-state index contributed by atoms with van der Waals surface area (Å²) in [6.07, 6.45) is -0.889. The van der Waals surface area contributed by atoms with Crippen LogP contribution in [0.25, 0.3) is 0 Å². The number of carboxylic acids is 1. The van der Waals surface area contributed by atoms with Crippen molar-refractivity contribution in [2.75, 3.05) is 6.61 Å². The quantitative estimate of drug-likeness (QED) is 0.855. The highest BCUT2D eigenvalue weighted by atomic mass is 35.7. The van der Waals surface area contributed by atoms with E-state index in [4.69, 9.17) is 36.2 Å². The largest absolute Gasteiger partial charge is 0.492 e. The van der Waals surface area contributed by atoms with Crippen LogP contribution in [0, 0.1) is 0 Å². The van der Waals surface area contributed by atoms with E-state index < -0.39 is 38.6 Å². The number of carboxylic acid groups (broad SMARTS) is 1. The van der Waals surface area contributed by atoms with Crippen LogP contribution in [0.3, 0.4) is 0 Å². The molecule has 1 N–H and O–H groups in total. The molecule has 0 saturated heterocycles. The molecule has 0 radical (unpaired) electrons.